The number of rotatable bonds is 46. The number of carbonyl (C=O) groups is 13. The van der Waals surface area contributed by atoms with Gasteiger partial charge in [0, 0.05) is 19.6 Å². The van der Waals surface area contributed by atoms with E-state index >= 15 is 0 Å². The second kappa shape index (κ2) is 63.9. The van der Waals surface area contributed by atoms with Crippen molar-refractivity contribution in [2.24, 2.45) is 34.4 Å². The molecule has 492 valence electrons. The van der Waals surface area contributed by atoms with Crippen LogP contribution in [0, 0.1) is 0 Å². The first-order chi connectivity index (χ1) is 38.6. The zero-order valence-electron chi connectivity index (χ0n) is 49.4. The van der Waals surface area contributed by atoms with E-state index in [1.54, 1.807) is 18.7 Å². The molecule has 0 aromatic carbocycles. The Morgan fingerprint density at radius 2 is 0.690 bits per heavy atom. The lowest BCUT2D eigenvalue weighted by atomic mass is 10.1. The van der Waals surface area contributed by atoms with Crippen LogP contribution in [-0.4, -0.2) is 206 Å². The summed E-state index contributed by atoms with van der Waals surface area (Å²) >= 11 is 3.10. The number of Topliss-reactive ketones (excluding diaryl/α,β-unsaturated/α-hetero) is 7. The van der Waals surface area contributed by atoms with E-state index in [1.165, 1.54) is 46.4 Å². The summed E-state index contributed by atoms with van der Waals surface area (Å²) in [4.78, 5) is 136. The number of ether oxygens (including phenoxy) is 2. The molecule has 19 N–H and O–H groups in total. The normalized spacial score (nSPS) is 12.2. The van der Waals surface area contributed by atoms with Crippen molar-refractivity contribution in [3.8, 4) is 0 Å². The highest BCUT2D eigenvalue weighted by atomic mass is 32.2. The van der Waals surface area contributed by atoms with E-state index in [-0.39, 0.29) is 67.5 Å². The van der Waals surface area contributed by atoms with Crippen molar-refractivity contribution in [1.29, 1.82) is 0 Å². The van der Waals surface area contributed by atoms with Crippen molar-refractivity contribution < 1.29 is 102 Å². The Labute approximate surface area is 503 Å². The Hall–Kier alpha value is -5.15. The maximum absolute atomic E-state index is 11.1. The minimum absolute atomic E-state index is 0. The van der Waals surface area contributed by atoms with E-state index in [2.05, 4.69) is 5.32 Å². The van der Waals surface area contributed by atoms with Crippen LogP contribution >= 0.6 is 23.5 Å². The van der Waals surface area contributed by atoms with Crippen LogP contribution in [0.15, 0.2) is 0 Å². The maximum Gasteiger partial charge on any atom is 0.320 e. The van der Waals surface area contributed by atoms with Crippen molar-refractivity contribution in [3.05, 3.63) is 0 Å². The molecule has 84 heavy (non-hydrogen) atoms. The molecule has 0 radical (unpaired) electrons. The van der Waals surface area contributed by atoms with Gasteiger partial charge in [-0.25, -0.2) is 0 Å². The molecule has 28 nitrogen and oxygen atoms in total. The fraction of sp³-hybridized carbons (Fsp3) is 0.759. The number of unbranched alkanes of at least 4 members (excludes halogenated alkanes) is 4. The van der Waals surface area contributed by atoms with Crippen LogP contribution in [0.5, 0.6) is 0 Å². The second-order valence-corrected chi connectivity index (χ2v) is 21.2. The fourth-order valence-corrected chi connectivity index (χ4v) is 7.13. The first-order valence-corrected chi connectivity index (χ1v) is 29.3. The van der Waals surface area contributed by atoms with E-state index < -0.39 is 72.1 Å². The molecular weight excluding hydrogens is 1150 g/mol. The van der Waals surface area contributed by atoms with Gasteiger partial charge < -0.3 is 79.8 Å². The minimum atomic E-state index is -1.02. The lowest BCUT2D eigenvalue weighted by Crippen LogP contribution is -2.30. The van der Waals surface area contributed by atoms with Gasteiger partial charge in [0.05, 0.1) is 24.5 Å². The molecule has 0 rings (SSSR count). The number of nitrogens with two attached hydrogens (primary N) is 6. The second-order valence-electron chi connectivity index (χ2n) is 19.0. The summed E-state index contributed by atoms with van der Waals surface area (Å²) < 4.78 is 9.93. The predicted octanol–water partition coefficient (Wildman–Crippen LogP) is 2.24. The lowest BCUT2D eigenvalue weighted by Gasteiger charge is -2.05. The molecular formula is C54H103N7O21S2. The molecule has 6 unspecified atom stereocenters. The smallest absolute Gasteiger partial charge is 0.320 e. The van der Waals surface area contributed by atoms with E-state index in [9.17, 15) is 62.3 Å². The summed E-state index contributed by atoms with van der Waals surface area (Å²) in [5, 5.41) is 53.7. The molecule has 0 spiro atoms. The number of carboxylic acids is 6. The highest BCUT2D eigenvalue weighted by Crippen LogP contribution is 2.09. The van der Waals surface area contributed by atoms with Gasteiger partial charge in [0.2, 0.25) is 0 Å². The Morgan fingerprint density at radius 3 is 1.02 bits per heavy atom. The number of aliphatic carboxylic acids is 6. The van der Waals surface area contributed by atoms with Crippen molar-refractivity contribution in [1.82, 2.24) is 5.32 Å². The number of hydrogen-bond acceptors (Lipinski definition) is 24. The van der Waals surface area contributed by atoms with Crippen LogP contribution in [0.2, 0.25) is 0 Å². The molecule has 0 aliphatic heterocycles. The standard InChI is InChI=1S/C10H17NO4.C9H18N2O3.C9H17NO4.C9H17NO3S.C8H15NO4.C8H15NO3S.CH4/c1-7(12)6-8(13)4-2-3-5-9(11)10(14)15;1-7(12)6-11-5-3-2-4-8(10)9(13)14;2*1-7(11)6-14-5-3-2-4-8(10)9(12)13;2*1-6(10)5-13-4-2-3-7(9)8(11)12;/h9H,2-6,11H2,1H3,(H,14,15);8,11H,2-6,10H2,1H3,(H,13,14);2*8H,2-6,10H2,1H3,(H,12,13);2*7H,2-5,9H2,1H3,(H,11,12);1H4. The molecule has 0 heterocycles. The number of carboxylic acid groups (broad SMARTS) is 6. The average molecular weight is 1250 g/mol. The summed E-state index contributed by atoms with van der Waals surface area (Å²) in [6.07, 6.45) is 10.2. The highest BCUT2D eigenvalue weighted by Gasteiger charge is 2.15. The third-order valence-electron chi connectivity index (χ3n) is 10.00. The Morgan fingerprint density at radius 1 is 0.381 bits per heavy atom. The zero-order valence-corrected chi connectivity index (χ0v) is 51.0. The summed E-state index contributed by atoms with van der Waals surface area (Å²) in [7, 11) is 0. The summed E-state index contributed by atoms with van der Waals surface area (Å²) in [6, 6.07) is -4.75. The van der Waals surface area contributed by atoms with E-state index in [0.29, 0.717) is 102 Å². The van der Waals surface area contributed by atoms with Crippen LogP contribution in [0.25, 0.3) is 0 Å². The third kappa shape index (κ3) is 83.3. The third-order valence-corrected chi connectivity index (χ3v) is 12.4. The molecule has 0 amide bonds. The Bertz CT molecular complexity index is 1730. The fourth-order valence-electron chi connectivity index (χ4n) is 5.48. The quantitative estimate of drug-likeness (QED) is 0.0307. The van der Waals surface area contributed by atoms with Gasteiger partial charge in [-0.05, 0) is 143 Å². The summed E-state index contributed by atoms with van der Waals surface area (Å²) in [6.45, 7) is 11.1. The number of thioether (sulfide) groups is 2. The molecule has 0 saturated heterocycles. The first-order valence-electron chi connectivity index (χ1n) is 27.0. The topological polar surface area (TPSA) is 530 Å². The maximum atomic E-state index is 11.1. The zero-order chi connectivity index (χ0) is 65.3. The molecule has 0 aromatic rings. The number of nitrogens with one attached hydrogen (secondary N) is 1. The van der Waals surface area contributed by atoms with Crippen molar-refractivity contribution >= 4 is 99.8 Å². The van der Waals surface area contributed by atoms with Crippen LogP contribution in [0.3, 0.4) is 0 Å². The Balaban J connectivity index is -0.000000169. The van der Waals surface area contributed by atoms with Crippen LogP contribution in [0.4, 0.5) is 0 Å². The SMILES string of the molecule is C.CC(=O)CC(=O)CCCCC(N)C(=O)O.CC(=O)CNCCCCC(N)C(=O)O.CC(=O)COCCCC(N)C(=O)O.CC(=O)COCCCCC(N)C(=O)O.CC(=O)CSCCCC(N)C(=O)O.CC(=O)CSCCCCC(N)C(=O)O. The van der Waals surface area contributed by atoms with Gasteiger partial charge >= 0.3 is 35.8 Å². The largest absolute Gasteiger partial charge is 0.480 e. The van der Waals surface area contributed by atoms with Gasteiger partial charge in [-0.15, -0.1) is 0 Å². The van der Waals surface area contributed by atoms with E-state index in [4.69, 9.17) is 74.5 Å². The number of ketones is 7. The van der Waals surface area contributed by atoms with Gasteiger partial charge in [-0.2, -0.15) is 23.5 Å². The van der Waals surface area contributed by atoms with Crippen LogP contribution in [0.1, 0.15) is 165 Å². The summed E-state index contributed by atoms with van der Waals surface area (Å²) in [5.41, 5.74) is 31.7. The van der Waals surface area contributed by atoms with Crippen molar-refractivity contribution in [2.45, 2.75) is 201 Å². The predicted molar refractivity (Wildman–Crippen MR) is 322 cm³/mol. The molecule has 0 aliphatic rings. The molecule has 0 fully saturated rings. The summed E-state index contributed by atoms with van der Waals surface area (Å²) in [5.74, 6) is -2.98. The van der Waals surface area contributed by atoms with Crippen molar-refractivity contribution in [2.75, 3.05) is 62.5 Å². The molecule has 6 atom stereocenters. The average Bonchev–Trinajstić information content (AvgIpc) is 3.37. The van der Waals surface area contributed by atoms with Gasteiger partial charge in [0.15, 0.2) is 11.6 Å². The molecule has 0 bridgehead atoms. The molecule has 30 heteroatoms. The Kier molecular flexibility index (Phi) is 70.4. The number of carbonyl (C=O) groups excluding carboxylic acids is 7. The van der Waals surface area contributed by atoms with Gasteiger partial charge in [-0.1, -0.05) is 26.7 Å². The highest BCUT2D eigenvalue weighted by molar-refractivity contribution is 8.00. The minimum Gasteiger partial charge on any atom is -0.480 e. The van der Waals surface area contributed by atoms with Crippen LogP contribution < -0.4 is 39.7 Å². The van der Waals surface area contributed by atoms with Gasteiger partial charge in [-0.3, -0.25) is 62.3 Å². The van der Waals surface area contributed by atoms with E-state index in [1.807, 2.05) is 0 Å². The van der Waals surface area contributed by atoms with Crippen molar-refractivity contribution in [3.63, 3.8) is 0 Å². The van der Waals surface area contributed by atoms with E-state index in [0.717, 1.165) is 56.6 Å². The lowest BCUT2D eigenvalue weighted by molar-refractivity contribution is -0.139. The molecule has 0 saturated carbocycles. The van der Waals surface area contributed by atoms with Gasteiger partial charge in [0.1, 0.15) is 78.4 Å². The van der Waals surface area contributed by atoms with Crippen LogP contribution in [-0.2, 0) is 71.8 Å². The molecule has 0 aromatic heterocycles. The molecule has 0 aliphatic carbocycles. The number of hydrogen-bond donors (Lipinski definition) is 13. The monoisotopic (exact) mass is 1250 g/mol. The van der Waals surface area contributed by atoms with Gasteiger partial charge in [0.25, 0.3) is 0 Å². The first kappa shape index (κ1) is 92.6.